The van der Waals surface area contributed by atoms with Crippen molar-refractivity contribution >= 4 is 17.8 Å². The minimum absolute atomic E-state index is 0.595. The van der Waals surface area contributed by atoms with E-state index in [-0.39, 0.29) is 0 Å². The minimum Gasteiger partial charge on any atom is -0.384 e. The maximum absolute atomic E-state index is 5.82. The van der Waals surface area contributed by atoms with Gasteiger partial charge in [-0.3, -0.25) is 10.1 Å². The fourth-order valence-corrected chi connectivity index (χ4v) is 1.95. The van der Waals surface area contributed by atoms with Gasteiger partial charge in [-0.2, -0.15) is 5.10 Å². The van der Waals surface area contributed by atoms with Crippen LogP contribution in [0.1, 0.15) is 0 Å². The number of aromatic amines is 1. The molecule has 0 amide bonds. The first-order valence-electron chi connectivity index (χ1n) is 5.50. The molecule has 1 aromatic heterocycles. The normalized spacial score (nSPS) is 14.5. The van der Waals surface area contributed by atoms with Gasteiger partial charge in [0.1, 0.15) is 5.82 Å². The number of anilines is 2. The molecule has 0 radical (unpaired) electrons. The molecular weight excluding hydrogens is 214 g/mol. The number of nitrogens with one attached hydrogen (secondary N) is 1. The highest BCUT2D eigenvalue weighted by Crippen LogP contribution is 2.27. The van der Waals surface area contributed by atoms with Gasteiger partial charge in [0.05, 0.1) is 19.1 Å². The van der Waals surface area contributed by atoms with Crippen molar-refractivity contribution in [2.24, 2.45) is 4.99 Å². The second kappa shape index (κ2) is 3.93. The van der Waals surface area contributed by atoms with Crippen LogP contribution in [0.25, 0.3) is 11.1 Å². The first-order valence-corrected chi connectivity index (χ1v) is 5.50. The van der Waals surface area contributed by atoms with Crippen LogP contribution in [-0.4, -0.2) is 29.6 Å². The first kappa shape index (κ1) is 9.89. The number of hydrogen-bond donors (Lipinski definition) is 2. The summed E-state index contributed by atoms with van der Waals surface area (Å²) in [5.74, 6) is 0.595. The number of nitrogen functional groups attached to an aromatic ring is 1. The Bertz CT molecular complexity index is 558. The molecule has 0 unspecified atom stereocenters. The quantitative estimate of drug-likeness (QED) is 0.817. The number of nitrogens with zero attached hydrogens (tertiary/aromatic N) is 3. The third-order valence-corrected chi connectivity index (χ3v) is 2.85. The molecule has 17 heavy (non-hydrogen) atoms. The van der Waals surface area contributed by atoms with Crippen LogP contribution in [-0.2, 0) is 0 Å². The Labute approximate surface area is 99.0 Å². The van der Waals surface area contributed by atoms with Gasteiger partial charge in [0.15, 0.2) is 0 Å². The van der Waals surface area contributed by atoms with Gasteiger partial charge in [-0.1, -0.05) is 12.1 Å². The van der Waals surface area contributed by atoms with Gasteiger partial charge >= 0.3 is 0 Å². The van der Waals surface area contributed by atoms with Crippen LogP contribution < -0.4 is 10.6 Å². The third kappa shape index (κ3) is 1.75. The standard InChI is InChI=1S/C12H13N5/c13-12-11(7-15-16-12)9-2-1-3-10(6-9)17-5-4-14-8-17/h1-3,6-8H,4-5H2,(H3,13,15,16). The molecule has 2 aromatic rings. The summed E-state index contributed by atoms with van der Waals surface area (Å²) in [6.07, 6.45) is 3.62. The zero-order valence-electron chi connectivity index (χ0n) is 9.30. The van der Waals surface area contributed by atoms with Crippen molar-refractivity contribution < 1.29 is 0 Å². The Morgan fingerprint density at radius 1 is 1.35 bits per heavy atom. The molecule has 3 N–H and O–H groups in total. The molecule has 5 nitrogen and oxygen atoms in total. The summed E-state index contributed by atoms with van der Waals surface area (Å²) in [4.78, 5) is 6.33. The lowest BCUT2D eigenvalue weighted by atomic mass is 10.1. The van der Waals surface area contributed by atoms with Crippen molar-refractivity contribution in [3.05, 3.63) is 30.5 Å². The Hall–Kier alpha value is -2.30. The fourth-order valence-electron chi connectivity index (χ4n) is 1.95. The van der Waals surface area contributed by atoms with Crippen molar-refractivity contribution in [1.82, 2.24) is 10.2 Å². The third-order valence-electron chi connectivity index (χ3n) is 2.85. The molecule has 0 spiro atoms. The van der Waals surface area contributed by atoms with E-state index in [9.17, 15) is 0 Å². The van der Waals surface area contributed by atoms with Crippen LogP contribution >= 0.6 is 0 Å². The highest BCUT2D eigenvalue weighted by atomic mass is 15.2. The number of hydrogen-bond acceptors (Lipinski definition) is 4. The predicted octanol–water partition coefficient (Wildman–Crippen LogP) is 1.51. The number of aliphatic imine (C=N–C) groups is 1. The summed E-state index contributed by atoms with van der Waals surface area (Å²) in [6, 6.07) is 8.21. The summed E-state index contributed by atoms with van der Waals surface area (Å²) < 4.78 is 0. The zero-order valence-corrected chi connectivity index (χ0v) is 9.30. The maximum Gasteiger partial charge on any atom is 0.126 e. The van der Waals surface area contributed by atoms with E-state index >= 15 is 0 Å². The molecule has 0 aliphatic carbocycles. The Morgan fingerprint density at radius 2 is 2.29 bits per heavy atom. The van der Waals surface area contributed by atoms with Crippen molar-refractivity contribution in [2.45, 2.75) is 0 Å². The lowest BCUT2D eigenvalue weighted by Gasteiger charge is -2.14. The van der Waals surface area contributed by atoms with Gasteiger partial charge < -0.3 is 10.6 Å². The summed E-state index contributed by atoms with van der Waals surface area (Å²) in [5.41, 5.74) is 8.94. The van der Waals surface area contributed by atoms with Crippen LogP contribution in [0, 0.1) is 0 Å². The Balaban J connectivity index is 1.99. The lowest BCUT2D eigenvalue weighted by molar-refractivity contribution is 1.02. The van der Waals surface area contributed by atoms with Crippen LogP contribution in [0.2, 0.25) is 0 Å². The largest absolute Gasteiger partial charge is 0.384 e. The van der Waals surface area contributed by atoms with E-state index in [2.05, 4.69) is 32.2 Å². The number of rotatable bonds is 2. The van der Waals surface area contributed by atoms with Gasteiger partial charge in [-0.05, 0) is 17.7 Å². The second-order valence-corrected chi connectivity index (χ2v) is 3.96. The van der Waals surface area contributed by atoms with E-state index in [1.807, 2.05) is 18.5 Å². The molecule has 3 rings (SSSR count). The summed E-state index contributed by atoms with van der Waals surface area (Å²) in [5, 5.41) is 6.68. The van der Waals surface area contributed by atoms with E-state index in [1.165, 1.54) is 0 Å². The van der Waals surface area contributed by atoms with Gasteiger partial charge in [0.25, 0.3) is 0 Å². The van der Waals surface area contributed by atoms with Gasteiger partial charge in [-0.15, -0.1) is 0 Å². The van der Waals surface area contributed by atoms with Gasteiger partial charge in [0, 0.05) is 17.8 Å². The zero-order chi connectivity index (χ0) is 11.7. The Morgan fingerprint density at radius 3 is 3.00 bits per heavy atom. The van der Waals surface area contributed by atoms with Crippen molar-refractivity contribution in [3.8, 4) is 11.1 Å². The highest BCUT2D eigenvalue weighted by Gasteiger charge is 2.10. The number of nitrogens with two attached hydrogens (primary N) is 1. The molecule has 0 saturated carbocycles. The number of benzene rings is 1. The van der Waals surface area contributed by atoms with Crippen molar-refractivity contribution in [3.63, 3.8) is 0 Å². The SMILES string of the molecule is Nc1[nH]ncc1-c1cccc(N2C=NCC2)c1. The average Bonchev–Trinajstić information content (AvgIpc) is 2.99. The van der Waals surface area contributed by atoms with Crippen molar-refractivity contribution in [2.75, 3.05) is 23.7 Å². The molecule has 0 atom stereocenters. The molecule has 0 saturated heterocycles. The van der Waals surface area contributed by atoms with Gasteiger partial charge in [0.2, 0.25) is 0 Å². The molecule has 1 aromatic carbocycles. The molecule has 1 aliphatic rings. The van der Waals surface area contributed by atoms with E-state index in [0.29, 0.717) is 5.82 Å². The van der Waals surface area contributed by atoms with E-state index in [4.69, 9.17) is 5.73 Å². The summed E-state index contributed by atoms with van der Waals surface area (Å²) in [7, 11) is 0. The van der Waals surface area contributed by atoms with E-state index < -0.39 is 0 Å². The van der Waals surface area contributed by atoms with E-state index in [0.717, 1.165) is 29.9 Å². The number of H-pyrrole nitrogens is 1. The van der Waals surface area contributed by atoms with Crippen LogP contribution in [0.15, 0.2) is 35.5 Å². The predicted molar refractivity (Wildman–Crippen MR) is 69.1 cm³/mol. The molecule has 0 bridgehead atoms. The molecule has 5 heteroatoms. The summed E-state index contributed by atoms with van der Waals surface area (Å²) in [6.45, 7) is 1.79. The van der Waals surface area contributed by atoms with Gasteiger partial charge in [-0.25, -0.2) is 0 Å². The van der Waals surface area contributed by atoms with E-state index in [1.54, 1.807) is 6.20 Å². The van der Waals surface area contributed by atoms with Crippen LogP contribution in [0.5, 0.6) is 0 Å². The fraction of sp³-hybridized carbons (Fsp3) is 0.167. The molecule has 86 valence electrons. The molecule has 1 aliphatic heterocycles. The highest BCUT2D eigenvalue weighted by molar-refractivity contribution is 5.84. The molecular formula is C12H13N5. The monoisotopic (exact) mass is 227 g/mol. The number of aromatic nitrogens is 2. The van der Waals surface area contributed by atoms with Crippen LogP contribution in [0.3, 0.4) is 0 Å². The van der Waals surface area contributed by atoms with Crippen molar-refractivity contribution in [1.29, 1.82) is 0 Å². The lowest BCUT2D eigenvalue weighted by Crippen LogP contribution is -2.17. The Kier molecular flexibility index (Phi) is 2.29. The first-order chi connectivity index (χ1) is 8.34. The minimum atomic E-state index is 0.595. The average molecular weight is 227 g/mol. The second-order valence-electron chi connectivity index (χ2n) is 3.96. The topological polar surface area (TPSA) is 70.3 Å². The maximum atomic E-state index is 5.82. The smallest absolute Gasteiger partial charge is 0.126 e. The van der Waals surface area contributed by atoms with Crippen LogP contribution in [0.4, 0.5) is 11.5 Å². The molecule has 0 fully saturated rings. The molecule has 2 heterocycles. The summed E-state index contributed by atoms with van der Waals surface area (Å²) >= 11 is 0.